The van der Waals surface area contributed by atoms with Gasteiger partial charge in [0.2, 0.25) is 17.7 Å². The van der Waals surface area contributed by atoms with Crippen molar-refractivity contribution >= 4 is 11.9 Å². The smallest absolute Gasteiger partial charge is 0.242 e. The summed E-state index contributed by atoms with van der Waals surface area (Å²) in [6.45, 7) is 7.26. The third-order valence-electron chi connectivity index (χ3n) is 2.85. The van der Waals surface area contributed by atoms with E-state index in [2.05, 4.69) is 20.6 Å². The lowest BCUT2D eigenvalue weighted by Gasteiger charge is -2.27. The Kier molecular flexibility index (Phi) is 5.11. The number of anilines is 1. The number of hydrogen-bond donors (Lipinski definition) is 2. The number of carbonyl (C=O) groups is 1. The van der Waals surface area contributed by atoms with E-state index in [0.29, 0.717) is 11.8 Å². The highest BCUT2D eigenvalue weighted by Gasteiger charge is 2.15. The molecule has 1 aliphatic rings. The Balaban J connectivity index is 1.85. The molecular formula is C13H21N5O2. The lowest BCUT2D eigenvalue weighted by atomic mass is 10.3. The monoisotopic (exact) mass is 279 g/mol. The summed E-state index contributed by atoms with van der Waals surface area (Å²) in [5.74, 6) is 0.976. The third-order valence-corrected chi connectivity index (χ3v) is 2.85. The van der Waals surface area contributed by atoms with Crippen LogP contribution < -0.4 is 15.4 Å². The van der Waals surface area contributed by atoms with Crippen molar-refractivity contribution in [2.75, 3.05) is 38.0 Å². The van der Waals surface area contributed by atoms with Crippen molar-refractivity contribution in [1.29, 1.82) is 0 Å². The van der Waals surface area contributed by atoms with E-state index in [-0.39, 0.29) is 18.6 Å². The number of nitrogens with one attached hydrogen (secondary N) is 2. The van der Waals surface area contributed by atoms with Gasteiger partial charge in [-0.3, -0.25) is 4.79 Å². The first-order chi connectivity index (χ1) is 9.65. The summed E-state index contributed by atoms with van der Waals surface area (Å²) in [5.41, 5.74) is 0. The highest BCUT2D eigenvalue weighted by molar-refractivity contribution is 5.80. The van der Waals surface area contributed by atoms with Crippen LogP contribution in [0.3, 0.4) is 0 Å². The maximum atomic E-state index is 12.0. The lowest BCUT2D eigenvalue weighted by molar-refractivity contribution is -0.129. The van der Waals surface area contributed by atoms with Gasteiger partial charge in [-0.1, -0.05) is 0 Å². The highest BCUT2D eigenvalue weighted by atomic mass is 16.5. The zero-order valence-corrected chi connectivity index (χ0v) is 11.9. The normalized spacial score (nSPS) is 15.2. The molecule has 1 aromatic rings. The Labute approximate surface area is 118 Å². The Bertz CT molecular complexity index is 446. The second kappa shape index (κ2) is 7.04. The molecule has 1 fully saturated rings. The molecule has 0 bridgehead atoms. The molecule has 7 nitrogen and oxygen atoms in total. The van der Waals surface area contributed by atoms with Gasteiger partial charge in [-0.2, -0.15) is 4.98 Å². The minimum atomic E-state index is 0.0558. The molecule has 0 spiro atoms. The zero-order chi connectivity index (χ0) is 14.4. The maximum absolute atomic E-state index is 12.0. The van der Waals surface area contributed by atoms with E-state index >= 15 is 0 Å². The van der Waals surface area contributed by atoms with E-state index in [4.69, 9.17) is 4.74 Å². The second-order valence-electron chi connectivity index (χ2n) is 4.87. The van der Waals surface area contributed by atoms with Crippen LogP contribution in [0.2, 0.25) is 0 Å². The number of piperazine rings is 1. The standard InChI is InChI=1S/C13H21N5O2/c1-10(2)20-11-3-4-15-13(17-11)16-9-12(19)18-7-5-14-6-8-18/h3-4,10,14H,5-9H2,1-2H3,(H,15,16,17). The van der Waals surface area contributed by atoms with Crippen molar-refractivity contribution in [3.63, 3.8) is 0 Å². The Morgan fingerprint density at radius 1 is 1.50 bits per heavy atom. The molecule has 2 heterocycles. The molecule has 0 unspecified atom stereocenters. The average molecular weight is 279 g/mol. The molecule has 1 saturated heterocycles. The number of carbonyl (C=O) groups excluding carboxylic acids is 1. The molecule has 0 aromatic carbocycles. The molecule has 1 aromatic heterocycles. The van der Waals surface area contributed by atoms with Crippen molar-refractivity contribution in [1.82, 2.24) is 20.2 Å². The Hall–Kier alpha value is -1.89. The van der Waals surface area contributed by atoms with Crippen molar-refractivity contribution in [3.05, 3.63) is 12.3 Å². The number of rotatable bonds is 5. The van der Waals surface area contributed by atoms with Crippen LogP contribution in [-0.4, -0.2) is 59.6 Å². The fourth-order valence-corrected chi connectivity index (χ4v) is 1.92. The van der Waals surface area contributed by atoms with Gasteiger partial charge in [-0.25, -0.2) is 4.98 Å². The third kappa shape index (κ3) is 4.34. The minimum Gasteiger partial charge on any atom is -0.475 e. The van der Waals surface area contributed by atoms with Crippen LogP contribution in [0.15, 0.2) is 12.3 Å². The summed E-state index contributed by atoms with van der Waals surface area (Å²) in [7, 11) is 0. The van der Waals surface area contributed by atoms with Crippen molar-refractivity contribution < 1.29 is 9.53 Å². The molecule has 1 amide bonds. The van der Waals surface area contributed by atoms with Gasteiger partial charge in [0.15, 0.2) is 0 Å². The number of hydrogen-bond acceptors (Lipinski definition) is 6. The van der Waals surface area contributed by atoms with Gasteiger partial charge in [0, 0.05) is 38.4 Å². The fraction of sp³-hybridized carbons (Fsp3) is 0.615. The van der Waals surface area contributed by atoms with Crippen LogP contribution in [0.25, 0.3) is 0 Å². The molecule has 2 N–H and O–H groups in total. The van der Waals surface area contributed by atoms with E-state index < -0.39 is 0 Å². The van der Waals surface area contributed by atoms with Crippen LogP contribution in [0.1, 0.15) is 13.8 Å². The van der Waals surface area contributed by atoms with Crippen LogP contribution in [0.4, 0.5) is 5.95 Å². The van der Waals surface area contributed by atoms with Crippen molar-refractivity contribution in [2.45, 2.75) is 20.0 Å². The van der Waals surface area contributed by atoms with Gasteiger partial charge in [0.25, 0.3) is 0 Å². The first-order valence-corrected chi connectivity index (χ1v) is 6.87. The van der Waals surface area contributed by atoms with E-state index in [1.807, 2.05) is 18.7 Å². The first-order valence-electron chi connectivity index (χ1n) is 6.87. The van der Waals surface area contributed by atoms with Gasteiger partial charge in [0.1, 0.15) is 0 Å². The summed E-state index contributed by atoms with van der Waals surface area (Å²) in [4.78, 5) is 22.1. The molecule has 0 aliphatic carbocycles. The van der Waals surface area contributed by atoms with Crippen molar-refractivity contribution in [2.24, 2.45) is 0 Å². The van der Waals surface area contributed by atoms with E-state index in [9.17, 15) is 4.79 Å². The van der Waals surface area contributed by atoms with E-state index in [0.717, 1.165) is 26.2 Å². The fourth-order valence-electron chi connectivity index (χ4n) is 1.92. The summed E-state index contributed by atoms with van der Waals surface area (Å²) in [5, 5.41) is 6.15. The molecule has 110 valence electrons. The molecular weight excluding hydrogens is 258 g/mol. The predicted octanol–water partition coefficient (Wildman–Crippen LogP) is 0.108. The summed E-state index contributed by atoms with van der Waals surface area (Å²) in [6, 6.07) is 1.70. The number of ether oxygens (including phenoxy) is 1. The molecule has 20 heavy (non-hydrogen) atoms. The highest BCUT2D eigenvalue weighted by Crippen LogP contribution is 2.10. The van der Waals surface area contributed by atoms with Gasteiger partial charge in [-0.05, 0) is 13.8 Å². The summed E-state index contributed by atoms with van der Waals surface area (Å²) < 4.78 is 5.48. The number of nitrogens with zero attached hydrogens (tertiary/aromatic N) is 3. The zero-order valence-electron chi connectivity index (χ0n) is 11.9. The largest absolute Gasteiger partial charge is 0.475 e. The second-order valence-corrected chi connectivity index (χ2v) is 4.87. The number of amides is 1. The quantitative estimate of drug-likeness (QED) is 0.796. The van der Waals surface area contributed by atoms with E-state index in [1.165, 1.54) is 0 Å². The topological polar surface area (TPSA) is 79.4 Å². The van der Waals surface area contributed by atoms with Crippen LogP contribution in [-0.2, 0) is 4.79 Å². The minimum absolute atomic E-state index is 0.0558. The maximum Gasteiger partial charge on any atom is 0.242 e. The molecule has 0 saturated carbocycles. The average Bonchev–Trinajstić information content (AvgIpc) is 2.45. The summed E-state index contributed by atoms with van der Waals surface area (Å²) in [6.07, 6.45) is 1.67. The number of aromatic nitrogens is 2. The summed E-state index contributed by atoms with van der Waals surface area (Å²) >= 11 is 0. The molecule has 2 rings (SSSR count). The predicted molar refractivity (Wildman–Crippen MR) is 75.7 cm³/mol. The van der Waals surface area contributed by atoms with Gasteiger partial charge >= 0.3 is 0 Å². The molecule has 1 aliphatic heterocycles. The van der Waals surface area contributed by atoms with Gasteiger partial charge in [0.05, 0.1) is 12.6 Å². The van der Waals surface area contributed by atoms with E-state index in [1.54, 1.807) is 12.3 Å². The Morgan fingerprint density at radius 3 is 2.95 bits per heavy atom. The lowest BCUT2D eigenvalue weighted by Crippen LogP contribution is -2.48. The van der Waals surface area contributed by atoms with Crippen LogP contribution in [0.5, 0.6) is 5.88 Å². The van der Waals surface area contributed by atoms with Crippen LogP contribution in [0, 0.1) is 0 Å². The Morgan fingerprint density at radius 2 is 2.25 bits per heavy atom. The van der Waals surface area contributed by atoms with Gasteiger partial charge in [-0.15, -0.1) is 0 Å². The first kappa shape index (κ1) is 14.5. The van der Waals surface area contributed by atoms with Gasteiger partial charge < -0.3 is 20.3 Å². The molecule has 0 radical (unpaired) electrons. The molecule has 7 heteroatoms. The SMILES string of the molecule is CC(C)Oc1ccnc(NCC(=O)N2CCNCC2)n1. The molecule has 0 atom stereocenters. The van der Waals surface area contributed by atoms with Crippen LogP contribution >= 0.6 is 0 Å². The van der Waals surface area contributed by atoms with Crippen molar-refractivity contribution in [3.8, 4) is 5.88 Å².